The summed E-state index contributed by atoms with van der Waals surface area (Å²) in [5.41, 5.74) is 1.41. The van der Waals surface area contributed by atoms with E-state index >= 15 is 0 Å². The van der Waals surface area contributed by atoms with Gasteiger partial charge in [0.1, 0.15) is 5.69 Å². The van der Waals surface area contributed by atoms with Crippen molar-refractivity contribution in [1.82, 2.24) is 20.8 Å². The molecule has 2 saturated heterocycles. The predicted octanol–water partition coefficient (Wildman–Crippen LogP) is 0.731. The molecule has 92 valence electrons. The van der Waals surface area contributed by atoms with Crippen LogP contribution in [-0.2, 0) is 0 Å². The SMILES string of the molecule is Cc1cc(C(=O)NC2CC3CCC(C2)N3)n[nH]1. The molecule has 0 aliphatic carbocycles. The largest absolute Gasteiger partial charge is 0.348 e. The van der Waals surface area contributed by atoms with E-state index in [4.69, 9.17) is 0 Å². The molecule has 0 aromatic carbocycles. The van der Waals surface area contributed by atoms with Crippen LogP contribution < -0.4 is 10.6 Å². The fourth-order valence-corrected chi connectivity index (χ4v) is 2.97. The standard InChI is InChI=1S/C12H18N4O/c1-7-4-11(16-15-7)12(17)14-10-5-8-2-3-9(6-10)13-8/h4,8-10,13H,2-3,5-6H2,1H3,(H,14,17)(H,15,16). The zero-order valence-corrected chi connectivity index (χ0v) is 9.99. The van der Waals surface area contributed by atoms with Gasteiger partial charge in [0, 0.05) is 23.8 Å². The smallest absolute Gasteiger partial charge is 0.271 e. The minimum absolute atomic E-state index is 0.0550. The maximum absolute atomic E-state index is 11.9. The number of hydrogen-bond acceptors (Lipinski definition) is 3. The Hall–Kier alpha value is -1.36. The van der Waals surface area contributed by atoms with E-state index in [1.165, 1.54) is 12.8 Å². The monoisotopic (exact) mass is 234 g/mol. The summed E-state index contributed by atoms with van der Waals surface area (Å²) in [4.78, 5) is 11.9. The lowest BCUT2D eigenvalue weighted by molar-refractivity contribution is 0.0919. The molecule has 0 spiro atoms. The minimum atomic E-state index is -0.0550. The van der Waals surface area contributed by atoms with Crippen LogP contribution in [0, 0.1) is 6.92 Å². The summed E-state index contributed by atoms with van der Waals surface area (Å²) in [6, 6.07) is 3.28. The molecule has 2 fully saturated rings. The number of fused-ring (bicyclic) bond motifs is 2. The lowest BCUT2D eigenvalue weighted by Gasteiger charge is -2.29. The summed E-state index contributed by atoms with van der Waals surface area (Å²) in [7, 11) is 0. The van der Waals surface area contributed by atoms with Gasteiger partial charge in [-0.05, 0) is 38.7 Å². The second-order valence-corrected chi connectivity index (χ2v) is 5.22. The van der Waals surface area contributed by atoms with Gasteiger partial charge in [0.15, 0.2) is 0 Å². The Bertz CT molecular complexity index is 416. The summed E-state index contributed by atoms with van der Waals surface area (Å²) in [6.07, 6.45) is 4.59. The third-order valence-corrected chi connectivity index (χ3v) is 3.75. The van der Waals surface area contributed by atoms with E-state index in [1.807, 2.05) is 6.92 Å². The number of rotatable bonds is 2. The highest BCUT2D eigenvalue weighted by atomic mass is 16.2. The van der Waals surface area contributed by atoms with Crippen LogP contribution in [0.1, 0.15) is 41.9 Å². The fourth-order valence-electron chi connectivity index (χ4n) is 2.97. The first-order valence-electron chi connectivity index (χ1n) is 6.29. The molecule has 2 aliphatic rings. The van der Waals surface area contributed by atoms with Crippen molar-refractivity contribution in [3.05, 3.63) is 17.5 Å². The molecule has 2 bridgehead atoms. The molecular weight excluding hydrogens is 216 g/mol. The highest BCUT2D eigenvalue weighted by molar-refractivity contribution is 5.92. The third-order valence-electron chi connectivity index (χ3n) is 3.75. The minimum Gasteiger partial charge on any atom is -0.348 e. The highest BCUT2D eigenvalue weighted by Gasteiger charge is 2.34. The molecule has 2 atom stereocenters. The first kappa shape index (κ1) is 10.8. The Morgan fingerprint density at radius 1 is 1.41 bits per heavy atom. The van der Waals surface area contributed by atoms with Gasteiger partial charge in [-0.3, -0.25) is 9.89 Å². The van der Waals surface area contributed by atoms with Crippen molar-refractivity contribution >= 4 is 5.91 Å². The summed E-state index contributed by atoms with van der Waals surface area (Å²) in [5.74, 6) is -0.0550. The molecule has 3 rings (SSSR count). The van der Waals surface area contributed by atoms with Gasteiger partial charge >= 0.3 is 0 Å². The maximum atomic E-state index is 11.9. The number of nitrogens with one attached hydrogen (secondary N) is 3. The van der Waals surface area contributed by atoms with Gasteiger partial charge in [-0.2, -0.15) is 5.10 Å². The molecule has 3 N–H and O–H groups in total. The first-order chi connectivity index (χ1) is 8.20. The zero-order chi connectivity index (χ0) is 11.8. The van der Waals surface area contributed by atoms with Gasteiger partial charge in [-0.15, -0.1) is 0 Å². The average Bonchev–Trinajstić information content (AvgIpc) is 2.85. The summed E-state index contributed by atoms with van der Waals surface area (Å²) in [5, 5.41) is 13.4. The van der Waals surface area contributed by atoms with Crippen molar-refractivity contribution in [2.45, 2.75) is 50.7 Å². The number of piperidine rings is 1. The Labute approximate surface area is 100 Å². The Kier molecular flexibility index (Phi) is 2.63. The lowest BCUT2D eigenvalue weighted by Crippen LogP contribution is -2.48. The van der Waals surface area contributed by atoms with Crippen molar-refractivity contribution in [2.24, 2.45) is 0 Å². The van der Waals surface area contributed by atoms with E-state index in [0.717, 1.165) is 18.5 Å². The van der Waals surface area contributed by atoms with Gasteiger partial charge in [-0.25, -0.2) is 0 Å². The molecule has 2 unspecified atom stereocenters. The quantitative estimate of drug-likeness (QED) is 0.706. The number of aromatic nitrogens is 2. The molecule has 2 aliphatic heterocycles. The second kappa shape index (κ2) is 4.14. The molecule has 5 nitrogen and oxygen atoms in total. The number of hydrogen-bond donors (Lipinski definition) is 3. The Morgan fingerprint density at radius 3 is 2.71 bits per heavy atom. The van der Waals surface area contributed by atoms with Crippen molar-refractivity contribution in [1.29, 1.82) is 0 Å². The van der Waals surface area contributed by atoms with Gasteiger partial charge in [0.2, 0.25) is 0 Å². The molecule has 1 aromatic rings. The van der Waals surface area contributed by atoms with Crippen LogP contribution in [0.5, 0.6) is 0 Å². The molecule has 0 radical (unpaired) electrons. The lowest BCUT2D eigenvalue weighted by atomic mass is 10.00. The number of aryl methyl sites for hydroxylation is 1. The van der Waals surface area contributed by atoms with Crippen molar-refractivity contribution in [3.63, 3.8) is 0 Å². The summed E-state index contributed by atoms with van der Waals surface area (Å²) < 4.78 is 0. The summed E-state index contributed by atoms with van der Waals surface area (Å²) >= 11 is 0. The normalized spacial score (nSPS) is 31.5. The van der Waals surface area contributed by atoms with Gasteiger partial charge in [0.05, 0.1) is 0 Å². The Balaban J connectivity index is 1.62. The zero-order valence-electron chi connectivity index (χ0n) is 9.99. The van der Waals surface area contributed by atoms with Crippen LogP contribution in [-0.4, -0.2) is 34.2 Å². The molecule has 3 heterocycles. The van der Waals surface area contributed by atoms with Crippen LogP contribution in [0.3, 0.4) is 0 Å². The van der Waals surface area contributed by atoms with E-state index in [-0.39, 0.29) is 5.91 Å². The highest BCUT2D eigenvalue weighted by Crippen LogP contribution is 2.26. The number of carbonyl (C=O) groups is 1. The van der Waals surface area contributed by atoms with Crippen LogP contribution in [0.25, 0.3) is 0 Å². The van der Waals surface area contributed by atoms with Crippen molar-refractivity contribution in [2.75, 3.05) is 0 Å². The van der Waals surface area contributed by atoms with E-state index in [0.29, 0.717) is 23.8 Å². The first-order valence-corrected chi connectivity index (χ1v) is 6.29. The fraction of sp³-hybridized carbons (Fsp3) is 0.667. The van der Waals surface area contributed by atoms with Crippen molar-refractivity contribution in [3.8, 4) is 0 Å². The molecular formula is C12H18N4O. The Morgan fingerprint density at radius 2 is 2.12 bits per heavy atom. The number of amides is 1. The van der Waals surface area contributed by atoms with E-state index in [1.54, 1.807) is 6.07 Å². The van der Waals surface area contributed by atoms with E-state index in [9.17, 15) is 4.79 Å². The topological polar surface area (TPSA) is 69.8 Å². The average molecular weight is 234 g/mol. The van der Waals surface area contributed by atoms with Crippen LogP contribution in [0.2, 0.25) is 0 Å². The molecule has 5 heteroatoms. The number of carbonyl (C=O) groups excluding carboxylic acids is 1. The van der Waals surface area contributed by atoms with E-state index < -0.39 is 0 Å². The van der Waals surface area contributed by atoms with Gasteiger partial charge < -0.3 is 10.6 Å². The molecule has 1 amide bonds. The number of nitrogens with zero attached hydrogens (tertiary/aromatic N) is 1. The van der Waals surface area contributed by atoms with Crippen molar-refractivity contribution < 1.29 is 4.79 Å². The maximum Gasteiger partial charge on any atom is 0.271 e. The van der Waals surface area contributed by atoms with Gasteiger partial charge in [0.25, 0.3) is 5.91 Å². The van der Waals surface area contributed by atoms with E-state index in [2.05, 4.69) is 20.8 Å². The van der Waals surface area contributed by atoms with Crippen LogP contribution >= 0.6 is 0 Å². The van der Waals surface area contributed by atoms with Crippen LogP contribution in [0.4, 0.5) is 0 Å². The molecule has 17 heavy (non-hydrogen) atoms. The number of aromatic amines is 1. The number of H-pyrrole nitrogens is 1. The van der Waals surface area contributed by atoms with Crippen LogP contribution in [0.15, 0.2) is 6.07 Å². The molecule has 0 saturated carbocycles. The third kappa shape index (κ3) is 2.20. The summed E-state index contributed by atoms with van der Waals surface area (Å²) in [6.45, 7) is 1.90. The van der Waals surface area contributed by atoms with Gasteiger partial charge in [-0.1, -0.05) is 0 Å². The second-order valence-electron chi connectivity index (χ2n) is 5.22. The predicted molar refractivity (Wildman–Crippen MR) is 63.8 cm³/mol. The molecule has 1 aromatic heterocycles.